The minimum absolute atomic E-state index is 0.309. The van der Waals surface area contributed by atoms with Crippen molar-refractivity contribution < 1.29 is 14.3 Å². The van der Waals surface area contributed by atoms with Gasteiger partial charge in [0.25, 0.3) is 0 Å². The van der Waals surface area contributed by atoms with E-state index < -0.39 is 5.60 Å². The molecule has 0 atom stereocenters. The fourth-order valence-corrected chi connectivity index (χ4v) is 2.85. The van der Waals surface area contributed by atoms with Crippen LogP contribution in [-0.4, -0.2) is 29.4 Å². The van der Waals surface area contributed by atoms with Crippen LogP contribution in [-0.2, 0) is 17.7 Å². The average molecular weight is 267 g/mol. The van der Waals surface area contributed by atoms with Crippen LogP contribution in [0.4, 0.5) is 4.79 Å². The van der Waals surface area contributed by atoms with E-state index in [0.29, 0.717) is 13.1 Å². The lowest BCUT2D eigenvalue weighted by Gasteiger charge is -2.30. The molecule has 1 aliphatic heterocycles. The van der Waals surface area contributed by atoms with E-state index in [-0.39, 0.29) is 6.09 Å². The number of thiophene rings is 1. The first kappa shape index (κ1) is 13.1. The lowest BCUT2D eigenvalue weighted by atomic mass is 10.0. The van der Waals surface area contributed by atoms with Crippen LogP contribution in [0.1, 0.15) is 41.6 Å². The first-order valence-electron chi connectivity index (χ1n) is 5.93. The second-order valence-electron chi connectivity index (χ2n) is 5.37. The number of aldehydes is 1. The summed E-state index contributed by atoms with van der Waals surface area (Å²) in [6.45, 7) is 6.67. The zero-order valence-electron chi connectivity index (χ0n) is 10.9. The van der Waals surface area contributed by atoms with E-state index in [1.54, 1.807) is 4.90 Å². The maximum Gasteiger partial charge on any atom is 0.410 e. The summed E-state index contributed by atoms with van der Waals surface area (Å²) >= 11 is 1.45. The molecule has 1 aliphatic rings. The Hall–Kier alpha value is -1.36. The summed E-state index contributed by atoms with van der Waals surface area (Å²) < 4.78 is 5.34. The van der Waals surface area contributed by atoms with Crippen molar-refractivity contribution in [3.05, 3.63) is 21.4 Å². The van der Waals surface area contributed by atoms with Crippen molar-refractivity contribution in [2.24, 2.45) is 0 Å². The largest absolute Gasteiger partial charge is 0.444 e. The Morgan fingerprint density at radius 1 is 1.50 bits per heavy atom. The van der Waals surface area contributed by atoms with E-state index in [9.17, 15) is 9.59 Å². The van der Waals surface area contributed by atoms with Crippen LogP contribution in [0.2, 0.25) is 0 Å². The predicted molar refractivity (Wildman–Crippen MR) is 70.1 cm³/mol. The molecule has 1 aromatic rings. The highest BCUT2D eigenvalue weighted by Gasteiger charge is 2.27. The third-order valence-electron chi connectivity index (χ3n) is 2.77. The highest BCUT2D eigenvalue weighted by molar-refractivity contribution is 7.12. The quantitative estimate of drug-likeness (QED) is 0.735. The Morgan fingerprint density at radius 2 is 2.22 bits per heavy atom. The fourth-order valence-electron chi connectivity index (χ4n) is 1.93. The highest BCUT2D eigenvalue weighted by Crippen LogP contribution is 2.27. The standard InChI is InChI=1S/C13H17NO3S/c1-13(2,3)17-12(16)14-5-4-9-8-18-11(7-15)10(9)6-14/h7-8H,4-6H2,1-3H3. The molecule has 5 heteroatoms. The van der Waals surface area contributed by atoms with Gasteiger partial charge in [-0.1, -0.05) is 0 Å². The number of nitrogens with zero attached hydrogens (tertiary/aromatic N) is 1. The van der Waals surface area contributed by atoms with E-state index in [1.807, 2.05) is 26.2 Å². The molecule has 0 aliphatic carbocycles. The van der Waals surface area contributed by atoms with E-state index in [4.69, 9.17) is 4.74 Å². The summed E-state index contributed by atoms with van der Waals surface area (Å²) in [6, 6.07) is 0. The number of ether oxygens (including phenoxy) is 1. The molecule has 0 spiro atoms. The maximum absolute atomic E-state index is 12.0. The fraction of sp³-hybridized carbons (Fsp3) is 0.538. The molecule has 2 rings (SSSR count). The zero-order valence-corrected chi connectivity index (χ0v) is 11.7. The van der Waals surface area contributed by atoms with E-state index in [2.05, 4.69) is 0 Å². The summed E-state index contributed by atoms with van der Waals surface area (Å²) in [5, 5.41) is 2.01. The summed E-state index contributed by atoms with van der Waals surface area (Å²) in [4.78, 5) is 25.3. The minimum Gasteiger partial charge on any atom is -0.444 e. The van der Waals surface area contributed by atoms with Gasteiger partial charge in [-0.2, -0.15) is 0 Å². The molecule has 1 aromatic heterocycles. The molecular weight excluding hydrogens is 250 g/mol. The molecule has 0 saturated carbocycles. The van der Waals surface area contributed by atoms with Crippen molar-refractivity contribution in [1.29, 1.82) is 0 Å². The molecule has 0 aromatic carbocycles. The number of fused-ring (bicyclic) bond motifs is 1. The van der Waals surface area contributed by atoms with Gasteiger partial charge in [-0.25, -0.2) is 4.79 Å². The van der Waals surface area contributed by atoms with Crippen molar-refractivity contribution >= 4 is 23.7 Å². The average Bonchev–Trinajstić information content (AvgIpc) is 2.68. The van der Waals surface area contributed by atoms with Crippen LogP contribution >= 0.6 is 11.3 Å². The van der Waals surface area contributed by atoms with Gasteiger partial charge < -0.3 is 9.64 Å². The normalized spacial score (nSPS) is 15.2. The Bertz CT molecular complexity index is 473. The maximum atomic E-state index is 12.0. The number of carbonyl (C=O) groups excluding carboxylic acids is 2. The van der Waals surface area contributed by atoms with Crippen molar-refractivity contribution in [3.8, 4) is 0 Å². The van der Waals surface area contributed by atoms with Crippen LogP contribution in [0.15, 0.2) is 5.38 Å². The van der Waals surface area contributed by atoms with Crippen molar-refractivity contribution in [1.82, 2.24) is 4.90 Å². The minimum atomic E-state index is -0.487. The molecule has 1 amide bonds. The lowest BCUT2D eigenvalue weighted by Crippen LogP contribution is -2.39. The van der Waals surface area contributed by atoms with Gasteiger partial charge in [0, 0.05) is 6.54 Å². The van der Waals surface area contributed by atoms with Crippen LogP contribution in [0.5, 0.6) is 0 Å². The second-order valence-corrected chi connectivity index (χ2v) is 6.28. The number of hydrogen-bond acceptors (Lipinski definition) is 4. The first-order valence-corrected chi connectivity index (χ1v) is 6.81. The molecule has 18 heavy (non-hydrogen) atoms. The van der Waals surface area contributed by atoms with E-state index in [1.165, 1.54) is 16.9 Å². The summed E-state index contributed by atoms with van der Waals surface area (Å²) in [7, 11) is 0. The smallest absolute Gasteiger partial charge is 0.410 e. The van der Waals surface area contributed by atoms with Crippen LogP contribution in [0.3, 0.4) is 0 Å². The predicted octanol–water partition coefficient (Wildman–Crippen LogP) is 2.85. The van der Waals surface area contributed by atoms with Gasteiger partial charge in [-0.05, 0) is 43.7 Å². The van der Waals surface area contributed by atoms with Gasteiger partial charge in [0.1, 0.15) is 5.60 Å². The van der Waals surface area contributed by atoms with Crippen molar-refractivity contribution in [2.45, 2.75) is 39.3 Å². The second kappa shape index (κ2) is 4.72. The van der Waals surface area contributed by atoms with Crippen molar-refractivity contribution in [3.63, 3.8) is 0 Å². The molecule has 0 fully saturated rings. The Kier molecular flexibility index (Phi) is 3.43. The summed E-state index contributed by atoms with van der Waals surface area (Å²) in [6.07, 6.45) is 1.34. The third-order valence-corrected chi connectivity index (χ3v) is 3.77. The van der Waals surface area contributed by atoms with Crippen LogP contribution in [0.25, 0.3) is 0 Å². The number of rotatable bonds is 1. The highest BCUT2D eigenvalue weighted by atomic mass is 32.1. The molecule has 0 bridgehead atoms. The lowest BCUT2D eigenvalue weighted by molar-refractivity contribution is 0.0224. The van der Waals surface area contributed by atoms with Crippen LogP contribution < -0.4 is 0 Å². The van der Waals surface area contributed by atoms with Gasteiger partial charge in [0.05, 0.1) is 11.4 Å². The molecule has 98 valence electrons. The molecule has 0 radical (unpaired) electrons. The number of amides is 1. The third kappa shape index (κ3) is 2.72. The summed E-state index contributed by atoms with van der Waals surface area (Å²) in [5.41, 5.74) is 1.67. The number of hydrogen-bond donors (Lipinski definition) is 0. The van der Waals surface area contributed by atoms with E-state index >= 15 is 0 Å². The Morgan fingerprint density at radius 3 is 2.83 bits per heavy atom. The van der Waals surface area contributed by atoms with Gasteiger partial charge in [-0.3, -0.25) is 4.79 Å². The topological polar surface area (TPSA) is 46.6 Å². The SMILES string of the molecule is CC(C)(C)OC(=O)N1CCc2csc(C=O)c2C1. The van der Waals surface area contributed by atoms with Crippen LogP contribution in [0, 0.1) is 0 Å². The Labute approximate surface area is 111 Å². The Balaban J connectivity index is 2.11. The molecular formula is C13H17NO3S. The monoisotopic (exact) mass is 267 g/mol. The van der Waals surface area contributed by atoms with Gasteiger partial charge in [0.2, 0.25) is 0 Å². The zero-order chi connectivity index (χ0) is 13.3. The molecule has 0 N–H and O–H groups in total. The van der Waals surface area contributed by atoms with Gasteiger partial charge in [-0.15, -0.1) is 11.3 Å². The molecule has 2 heterocycles. The van der Waals surface area contributed by atoms with Gasteiger partial charge >= 0.3 is 6.09 Å². The molecule has 0 unspecified atom stereocenters. The van der Waals surface area contributed by atoms with Crippen molar-refractivity contribution in [2.75, 3.05) is 6.54 Å². The van der Waals surface area contributed by atoms with E-state index in [0.717, 1.165) is 23.1 Å². The summed E-state index contributed by atoms with van der Waals surface area (Å²) in [5.74, 6) is 0. The molecule has 0 saturated heterocycles. The van der Waals surface area contributed by atoms with Gasteiger partial charge in [0.15, 0.2) is 6.29 Å². The number of carbonyl (C=O) groups is 2. The molecule has 4 nitrogen and oxygen atoms in total. The first-order chi connectivity index (χ1) is 8.40.